The molecule has 116 valence electrons. The molecule has 0 saturated carbocycles. The molecular formula is C15H23N3O3. The fraction of sp³-hybridized carbons (Fsp3) is 0.533. The lowest BCUT2D eigenvalue weighted by atomic mass is 10.1. The van der Waals surface area contributed by atoms with Crippen LogP contribution in [0.1, 0.15) is 41.1 Å². The molecule has 6 nitrogen and oxygen atoms in total. The van der Waals surface area contributed by atoms with Gasteiger partial charge < -0.3 is 15.4 Å². The highest BCUT2D eigenvalue weighted by Gasteiger charge is 2.11. The average Bonchev–Trinajstić information content (AvgIpc) is 2.47. The molecule has 0 aliphatic rings. The van der Waals surface area contributed by atoms with Gasteiger partial charge in [-0.05, 0) is 24.5 Å². The summed E-state index contributed by atoms with van der Waals surface area (Å²) in [5.41, 5.74) is 0.660. The molecule has 0 radical (unpaired) electrons. The highest BCUT2D eigenvalue weighted by Crippen LogP contribution is 2.03. The number of nitrogens with one attached hydrogen (secondary N) is 2. The lowest BCUT2D eigenvalue weighted by Crippen LogP contribution is -2.29. The SMILES string of the molecule is COCCNC(=O)c1ccnc(C(=O)NCCC(C)C)c1. The molecular weight excluding hydrogens is 270 g/mol. The van der Waals surface area contributed by atoms with Gasteiger partial charge in [-0.3, -0.25) is 14.6 Å². The van der Waals surface area contributed by atoms with E-state index in [2.05, 4.69) is 29.5 Å². The van der Waals surface area contributed by atoms with Gasteiger partial charge in [0.25, 0.3) is 11.8 Å². The van der Waals surface area contributed by atoms with Crippen LogP contribution in [-0.2, 0) is 4.74 Å². The first-order valence-electron chi connectivity index (χ1n) is 7.06. The summed E-state index contributed by atoms with van der Waals surface area (Å²) in [5, 5.41) is 5.50. The van der Waals surface area contributed by atoms with Crippen LogP contribution in [0.2, 0.25) is 0 Å². The molecule has 2 N–H and O–H groups in total. The number of hydrogen-bond acceptors (Lipinski definition) is 4. The van der Waals surface area contributed by atoms with E-state index in [-0.39, 0.29) is 17.5 Å². The number of pyridine rings is 1. The van der Waals surface area contributed by atoms with Gasteiger partial charge in [0.05, 0.1) is 6.61 Å². The van der Waals surface area contributed by atoms with Crippen molar-refractivity contribution in [3.05, 3.63) is 29.6 Å². The van der Waals surface area contributed by atoms with Crippen molar-refractivity contribution in [3.8, 4) is 0 Å². The zero-order chi connectivity index (χ0) is 15.7. The van der Waals surface area contributed by atoms with Crippen molar-refractivity contribution in [2.24, 2.45) is 5.92 Å². The molecule has 1 rings (SSSR count). The molecule has 0 spiro atoms. The summed E-state index contributed by atoms with van der Waals surface area (Å²) < 4.78 is 4.86. The lowest BCUT2D eigenvalue weighted by Gasteiger charge is -2.08. The molecule has 6 heteroatoms. The molecule has 1 aromatic heterocycles. The Morgan fingerprint density at radius 3 is 2.62 bits per heavy atom. The van der Waals surface area contributed by atoms with E-state index in [0.717, 1.165) is 6.42 Å². The second kappa shape index (κ2) is 9.07. The lowest BCUT2D eigenvalue weighted by molar-refractivity contribution is 0.0937. The first kappa shape index (κ1) is 17.1. The quantitative estimate of drug-likeness (QED) is 0.707. The fourth-order valence-corrected chi connectivity index (χ4v) is 1.63. The van der Waals surface area contributed by atoms with Crippen molar-refractivity contribution >= 4 is 11.8 Å². The minimum absolute atomic E-state index is 0.245. The topological polar surface area (TPSA) is 80.3 Å². The minimum Gasteiger partial charge on any atom is -0.383 e. The van der Waals surface area contributed by atoms with Crippen LogP contribution in [0, 0.1) is 5.92 Å². The summed E-state index contributed by atoms with van der Waals surface area (Å²) >= 11 is 0. The van der Waals surface area contributed by atoms with E-state index in [1.54, 1.807) is 13.2 Å². The number of methoxy groups -OCH3 is 1. The number of aromatic nitrogens is 1. The fourth-order valence-electron chi connectivity index (χ4n) is 1.63. The van der Waals surface area contributed by atoms with Crippen molar-refractivity contribution in [2.45, 2.75) is 20.3 Å². The van der Waals surface area contributed by atoms with Crippen LogP contribution < -0.4 is 10.6 Å². The van der Waals surface area contributed by atoms with E-state index in [1.807, 2.05) is 0 Å². The molecule has 0 aromatic carbocycles. The average molecular weight is 293 g/mol. The Morgan fingerprint density at radius 2 is 1.95 bits per heavy atom. The number of carbonyl (C=O) groups is 2. The molecule has 2 amide bonds. The summed E-state index contributed by atoms with van der Waals surface area (Å²) in [5.74, 6) is 0.0176. The third-order valence-electron chi connectivity index (χ3n) is 2.85. The number of amides is 2. The van der Waals surface area contributed by atoms with Gasteiger partial charge in [-0.15, -0.1) is 0 Å². The normalized spacial score (nSPS) is 10.5. The standard InChI is InChI=1S/C15H23N3O3/c1-11(2)4-6-17-15(20)13-10-12(5-7-16-13)14(19)18-8-9-21-3/h5,7,10-11H,4,6,8-9H2,1-3H3,(H,17,20)(H,18,19). The maximum absolute atomic E-state index is 11.9. The molecule has 0 saturated heterocycles. The molecule has 0 fully saturated rings. The molecule has 0 unspecified atom stereocenters. The van der Waals surface area contributed by atoms with Crippen LogP contribution in [0.5, 0.6) is 0 Å². The first-order chi connectivity index (χ1) is 10.0. The molecule has 0 aliphatic carbocycles. The molecule has 0 aliphatic heterocycles. The van der Waals surface area contributed by atoms with Crippen molar-refractivity contribution in [2.75, 3.05) is 26.8 Å². The Bertz CT molecular complexity index is 475. The van der Waals surface area contributed by atoms with Crippen molar-refractivity contribution < 1.29 is 14.3 Å². The highest BCUT2D eigenvalue weighted by atomic mass is 16.5. The molecule has 21 heavy (non-hydrogen) atoms. The van der Waals surface area contributed by atoms with Crippen LogP contribution >= 0.6 is 0 Å². The summed E-state index contributed by atoms with van der Waals surface area (Å²) in [6.07, 6.45) is 2.37. The first-order valence-corrected chi connectivity index (χ1v) is 7.06. The number of nitrogens with zero attached hydrogens (tertiary/aromatic N) is 1. The van der Waals surface area contributed by atoms with Crippen molar-refractivity contribution in [1.82, 2.24) is 15.6 Å². The van der Waals surface area contributed by atoms with Crippen LogP contribution in [0.15, 0.2) is 18.3 Å². The predicted molar refractivity (Wildman–Crippen MR) is 80.2 cm³/mol. The van der Waals surface area contributed by atoms with E-state index in [4.69, 9.17) is 4.74 Å². The Hall–Kier alpha value is -1.95. The van der Waals surface area contributed by atoms with E-state index in [0.29, 0.717) is 31.2 Å². The summed E-state index contributed by atoms with van der Waals surface area (Å²) in [7, 11) is 1.57. The summed E-state index contributed by atoms with van der Waals surface area (Å²) in [6, 6.07) is 3.07. The second-order valence-corrected chi connectivity index (χ2v) is 5.12. The number of rotatable bonds is 8. The molecule has 1 aromatic rings. The van der Waals surface area contributed by atoms with Gasteiger partial charge in [-0.25, -0.2) is 0 Å². The van der Waals surface area contributed by atoms with E-state index >= 15 is 0 Å². The van der Waals surface area contributed by atoms with E-state index in [9.17, 15) is 9.59 Å². The number of ether oxygens (including phenoxy) is 1. The number of carbonyl (C=O) groups excluding carboxylic acids is 2. The Labute approximate surface area is 125 Å². The van der Waals surface area contributed by atoms with Crippen molar-refractivity contribution in [3.63, 3.8) is 0 Å². The van der Waals surface area contributed by atoms with Crippen LogP contribution in [0.25, 0.3) is 0 Å². The second-order valence-electron chi connectivity index (χ2n) is 5.12. The maximum Gasteiger partial charge on any atom is 0.269 e. The predicted octanol–water partition coefficient (Wildman–Crippen LogP) is 1.23. The molecule has 0 bridgehead atoms. The van der Waals surface area contributed by atoms with E-state index < -0.39 is 0 Å². The third-order valence-corrected chi connectivity index (χ3v) is 2.85. The monoisotopic (exact) mass is 293 g/mol. The smallest absolute Gasteiger partial charge is 0.269 e. The number of hydrogen-bond donors (Lipinski definition) is 2. The van der Waals surface area contributed by atoms with Gasteiger partial charge in [0.2, 0.25) is 0 Å². The maximum atomic E-state index is 11.9. The van der Waals surface area contributed by atoms with Gasteiger partial charge in [-0.1, -0.05) is 13.8 Å². The molecule has 0 atom stereocenters. The van der Waals surface area contributed by atoms with Gasteiger partial charge in [0.15, 0.2) is 0 Å². The van der Waals surface area contributed by atoms with Crippen LogP contribution in [0.3, 0.4) is 0 Å². The largest absolute Gasteiger partial charge is 0.383 e. The van der Waals surface area contributed by atoms with Crippen LogP contribution in [-0.4, -0.2) is 43.6 Å². The Kier molecular flexibility index (Phi) is 7.39. The van der Waals surface area contributed by atoms with Gasteiger partial charge in [0, 0.05) is 32.0 Å². The zero-order valence-electron chi connectivity index (χ0n) is 12.8. The zero-order valence-corrected chi connectivity index (χ0v) is 12.8. The van der Waals surface area contributed by atoms with Gasteiger partial charge in [0.1, 0.15) is 5.69 Å². The third kappa shape index (κ3) is 6.35. The Morgan fingerprint density at radius 1 is 1.24 bits per heavy atom. The van der Waals surface area contributed by atoms with Gasteiger partial charge in [-0.2, -0.15) is 0 Å². The summed E-state index contributed by atoms with van der Waals surface area (Å²) in [6.45, 7) is 5.65. The summed E-state index contributed by atoms with van der Waals surface area (Å²) in [4.78, 5) is 27.8. The van der Waals surface area contributed by atoms with Crippen molar-refractivity contribution in [1.29, 1.82) is 0 Å². The van der Waals surface area contributed by atoms with Crippen LogP contribution in [0.4, 0.5) is 0 Å². The highest BCUT2D eigenvalue weighted by molar-refractivity contribution is 5.98. The minimum atomic E-state index is -0.262. The molecule has 1 heterocycles. The Balaban J connectivity index is 2.58. The van der Waals surface area contributed by atoms with Gasteiger partial charge >= 0.3 is 0 Å². The van der Waals surface area contributed by atoms with E-state index in [1.165, 1.54) is 12.3 Å².